The number of carbonyl (C=O) groups excluding carboxylic acids is 1. The summed E-state index contributed by atoms with van der Waals surface area (Å²) in [5.41, 5.74) is 3.07. The normalized spacial score (nSPS) is 12.0. The Morgan fingerprint density at radius 3 is 2.04 bits per heavy atom. The zero-order chi connectivity index (χ0) is 19.4. The molecule has 0 spiro atoms. The van der Waals surface area contributed by atoms with Crippen LogP contribution in [0.15, 0.2) is 53.4 Å². The summed E-state index contributed by atoms with van der Waals surface area (Å²) in [6, 6.07) is 14.4. The van der Waals surface area contributed by atoms with Crippen molar-refractivity contribution in [1.82, 2.24) is 4.72 Å². The molecule has 0 unspecified atom stereocenters. The maximum Gasteiger partial charge on any atom is 0.240 e. The van der Waals surface area contributed by atoms with Gasteiger partial charge in [-0.05, 0) is 54.3 Å². The Morgan fingerprint density at radius 1 is 0.962 bits per heavy atom. The maximum absolute atomic E-state index is 12.1. The van der Waals surface area contributed by atoms with Crippen LogP contribution in [-0.4, -0.2) is 21.4 Å². The molecule has 5 nitrogen and oxygen atoms in total. The van der Waals surface area contributed by atoms with Crippen LogP contribution in [0, 0.1) is 0 Å². The topological polar surface area (TPSA) is 75.3 Å². The standard InChI is InChI=1S/C20H26N2O3S/c1-20(2,3)16-8-5-15(6-9-16)7-14-19(23)22-17-10-12-18(13-11-17)26(24,25)21-4/h5-6,8-13,21H,7,14H2,1-4H3,(H,22,23). The number of carbonyl (C=O) groups is 1. The van der Waals surface area contributed by atoms with Gasteiger partial charge >= 0.3 is 0 Å². The van der Waals surface area contributed by atoms with E-state index in [1.54, 1.807) is 12.1 Å². The van der Waals surface area contributed by atoms with Crippen LogP contribution in [-0.2, 0) is 26.7 Å². The highest BCUT2D eigenvalue weighted by Gasteiger charge is 2.13. The summed E-state index contributed by atoms with van der Waals surface area (Å²) >= 11 is 0. The second-order valence-corrected chi connectivity index (χ2v) is 9.11. The van der Waals surface area contributed by atoms with E-state index in [9.17, 15) is 13.2 Å². The molecule has 2 aromatic carbocycles. The van der Waals surface area contributed by atoms with E-state index >= 15 is 0 Å². The van der Waals surface area contributed by atoms with Crippen LogP contribution in [0.4, 0.5) is 5.69 Å². The molecule has 0 bridgehead atoms. The zero-order valence-electron chi connectivity index (χ0n) is 15.7. The number of amides is 1. The number of hydrogen-bond acceptors (Lipinski definition) is 3. The molecule has 0 saturated carbocycles. The number of anilines is 1. The third-order valence-electron chi connectivity index (χ3n) is 4.18. The number of sulfonamides is 1. The summed E-state index contributed by atoms with van der Waals surface area (Å²) in [6.45, 7) is 6.51. The molecule has 0 aliphatic heterocycles. The van der Waals surface area contributed by atoms with Crippen molar-refractivity contribution in [3.63, 3.8) is 0 Å². The van der Waals surface area contributed by atoms with Crippen LogP contribution in [0.3, 0.4) is 0 Å². The Kier molecular flexibility index (Phi) is 6.21. The molecule has 0 aliphatic rings. The van der Waals surface area contributed by atoms with E-state index in [0.717, 1.165) is 5.56 Å². The van der Waals surface area contributed by atoms with E-state index in [2.05, 4.69) is 55.1 Å². The van der Waals surface area contributed by atoms with Crippen LogP contribution in [0.2, 0.25) is 0 Å². The van der Waals surface area contributed by atoms with Gasteiger partial charge in [-0.3, -0.25) is 4.79 Å². The van der Waals surface area contributed by atoms with Gasteiger partial charge in [-0.2, -0.15) is 0 Å². The third kappa shape index (κ3) is 5.41. The van der Waals surface area contributed by atoms with E-state index in [1.165, 1.54) is 24.7 Å². The van der Waals surface area contributed by atoms with Crippen LogP contribution < -0.4 is 10.0 Å². The van der Waals surface area contributed by atoms with Crippen LogP contribution >= 0.6 is 0 Å². The summed E-state index contributed by atoms with van der Waals surface area (Å²) in [5, 5.41) is 2.79. The lowest BCUT2D eigenvalue weighted by molar-refractivity contribution is -0.116. The van der Waals surface area contributed by atoms with Crippen molar-refractivity contribution in [3.05, 3.63) is 59.7 Å². The van der Waals surface area contributed by atoms with Gasteiger partial charge in [-0.25, -0.2) is 13.1 Å². The molecule has 0 radical (unpaired) electrons. The van der Waals surface area contributed by atoms with Gasteiger partial charge in [0.25, 0.3) is 0 Å². The van der Waals surface area contributed by atoms with E-state index in [0.29, 0.717) is 18.5 Å². The molecule has 2 N–H and O–H groups in total. The van der Waals surface area contributed by atoms with Gasteiger partial charge in [-0.1, -0.05) is 45.0 Å². The Bertz CT molecular complexity index is 849. The Hall–Kier alpha value is -2.18. The largest absolute Gasteiger partial charge is 0.326 e. The van der Waals surface area contributed by atoms with Crippen LogP contribution in [0.25, 0.3) is 0 Å². The minimum Gasteiger partial charge on any atom is -0.326 e. The van der Waals surface area contributed by atoms with Crippen molar-refractivity contribution < 1.29 is 13.2 Å². The van der Waals surface area contributed by atoms with E-state index in [4.69, 9.17) is 0 Å². The number of benzene rings is 2. The van der Waals surface area contributed by atoms with Gasteiger partial charge in [0.15, 0.2) is 0 Å². The molecule has 0 fully saturated rings. The highest BCUT2D eigenvalue weighted by molar-refractivity contribution is 7.89. The molecule has 2 aromatic rings. The predicted molar refractivity (Wildman–Crippen MR) is 105 cm³/mol. The van der Waals surface area contributed by atoms with E-state index in [1.807, 2.05) is 0 Å². The van der Waals surface area contributed by atoms with Crippen molar-refractivity contribution in [2.75, 3.05) is 12.4 Å². The van der Waals surface area contributed by atoms with E-state index < -0.39 is 10.0 Å². The molecule has 0 saturated heterocycles. The maximum atomic E-state index is 12.1. The summed E-state index contributed by atoms with van der Waals surface area (Å²) in [5.74, 6) is -0.103. The minimum atomic E-state index is -3.47. The molecule has 26 heavy (non-hydrogen) atoms. The van der Waals surface area contributed by atoms with Gasteiger partial charge in [0.2, 0.25) is 15.9 Å². The molecule has 1 amide bonds. The second kappa shape index (κ2) is 8.01. The Balaban J connectivity index is 1.91. The lowest BCUT2D eigenvalue weighted by Crippen LogP contribution is -2.18. The third-order valence-corrected chi connectivity index (χ3v) is 5.61. The Morgan fingerprint density at radius 2 is 1.54 bits per heavy atom. The van der Waals surface area contributed by atoms with Gasteiger partial charge in [0.05, 0.1) is 4.90 Å². The molecular weight excluding hydrogens is 348 g/mol. The molecule has 2 rings (SSSR count). The van der Waals surface area contributed by atoms with Crippen molar-refractivity contribution in [2.24, 2.45) is 0 Å². The first kappa shape index (κ1) is 20.1. The number of aryl methyl sites for hydroxylation is 1. The summed E-state index contributed by atoms with van der Waals surface area (Å²) < 4.78 is 25.6. The van der Waals surface area contributed by atoms with Crippen LogP contribution in [0.5, 0.6) is 0 Å². The summed E-state index contributed by atoms with van der Waals surface area (Å²) in [4.78, 5) is 12.3. The molecule has 0 aromatic heterocycles. The van der Waals surface area contributed by atoms with Gasteiger partial charge in [-0.15, -0.1) is 0 Å². The summed E-state index contributed by atoms with van der Waals surface area (Å²) in [7, 11) is -2.11. The fourth-order valence-corrected chi connectivity index (χ4v) is 3.22. The van der Waals surface area contributed by atoms with E-state index in [-0.39, 0.29) is 16.2 Å². The highest BCUT2D eigenvalue weighted by atomic mass is 32.2. The number of hydrogen-bond donors (Lipinski definition) is 2. The first-order valence-electron chi connectivity index (χ1n) is 8.55. The highest BCUT2D eigenvalue weighted by Crippen LogP contribution is 2.22. The number of rotatable bonds is 6. The van der Waals surface area contributed by atoms with Crippen molar-refractivity contribution in [2.45, 2.75) is 43.9 Å². The fraction of sp³-hybridized carbons (Fsp3) is 0.350. The first-order chi connectivity index (χ1) is 12.1. The summed E-state index contributed by atoms with van der Waals surface area (Å²) in [6.07, 6.45) is 1.02. The molecule has 0 atom stereocenters. The lowest BCUT2D eigenvalue weighted by Gasteiger charge is -2.19. The predicted octanol–water partition coefficient (Wildman–Crippen LogP) is 3.46. The average molecular weight is 375 g/mol. The Labute approximate surface area is 155 Å². The number of nitrogens with one attached hydrogen (secondary N) is 2. The van der Waals surface area contributed by atoms with Crippen molar-refractivity contribution >= 4 is 21.6 Å². The monoisotopic (exact) mass is 374 g/mol. The minimum absolute atomic E-state index is 0.103. The quantitative estimate of drug-likeness (QED) is 0.813. The van der Waals surface area contributed by atoms with Gasteiger partial charge < -0.3 is 5.32 Å². The SMILES string of the molecule is CNS(=O)(=O)c1ccc(NC(=O)CCc2ccc(C(C)(C)C)cc2)cc1. The molecule has 140 valence electrons. The molecular formula is C20H26N2O3S. The molecule has 6 heteroatoms. The first-order valence-corrected chi connectivity index (χ1v) is 10.0. The zero-order valence-corrected chi connectivity index (χ0v) is 16.5. The smallest absolute Gasteiger partial charge is 0.240 e. The molecule has 0 aliphatic carbocycles. The van der Waals surface area contributed by atoms with Gasteiger partial charge in [0.1, 0.15) is 0 Å². The van der Waals surface area contributed by atoms with Crippen molar-refractivity contribution in [3.8, 4) is 0 Å². The molecule has 0 heterocycles. The lowest BCUT2D eigenvalue weighted by atomic mass is 9.86. The second-order valence-electron chi connectivity index (χ2n) is 7.23. The van der Waals surface area contributed by atoms with Crippen molar-refractivity contribution in [1.29, 1.82) is 0 Å². The van der Waals surface area contributed by atoms with Crippen LogP contribution in [0.1, 0.15) is 38.3 Å². The van der Waals surface area contributed by atoms with Gasteiger partial charge in [0, 0.05) is 12.1 Å². The average Bonchev–Trinajstić information content (AvgIpc) is 2.60. The fourth-order valence-electron chi connectivity index (χ4n) is 2.49.